The van der Waals surface area contributed by atoms with Gasteiger partial charge in [-0.25, -0.2) is 0 Å². The van der Waals surface area contributed by atoms with Gasteiger partial charge in [-0.15, -0.1) is 12.4 Å². The monoisotopic (exact) mass is 354 g/mol. The van der Waals surface area contributed by atoms with Crippen molar-refractivity contribution in [1.82, 2.24) is 0 Å². The molecule has 1 saturated heterocycles. The minimum atomic E-state index is 0. The summed E-state index contributed by atoms with van der Waals surface area (Å²) < 4.78 is 11.3. The molecule has 3 atom stereocenters. The Morgan fingerprint density at radius 3 is 2.67 bits per heavy atom. The Balaban J connectivity index is 0.00000208. The lowest BCUT2D eigenvalue weighted by atomic mass is 9.85. The summed E-state index contributed by atoms with van der Waals surface area (Å²) in [7, 11) is 0. The second-order valence-corrected chi connectivity index (χ2v) is 6.58. The molecule has 0 aromatic heterocycles. The van der Waals surface area contributed by atoms with E-state index < -0.39 is 0 Å². The fourth-order valence-corrected chi connectivity index (χ4v) is 3.31. The molecule has 1 aromatic carbocycles. The molecule has 2 aliphatic rings. The summed E-state index contributed by atoms with van der Waals surface area (Å²) in [6.45, 7) is 1.43. The van der Waals surface area contributed by atoms with Gasteiger partial charge >= 0.3 is 0 Å². The minimum absolute atomic E-state index is 0. The Morgan fingerprint density at radius 2 is 2.00 bits per heavy atom. The van der Waals surface area contributed by atoms with E-state index in [9.17, 15) is 4.79 Å². The predicted octanol–water partition coefficient (Wildman–Crippen LogP) is 3.12. The molecule has 0 radical (unpaired) electrons. The van der Waals surface area contributed by atoms with Crippen molar-refractivity contribution in [2.75, 3.05) is 18.5 Å². The fraction of sp³-hybridized carbons (Fsp3) is 0.611. The van der Waals surface area contributed by atoms with Crippen LogP contribution < -0.4 is 15.8 Å². The summed E-state index contributed by atoms with van der Waals surface area (Å²) in [6, 6.07) is 7.69. The highest BCUT2D eigenvalue weighted by Gasteiger charge is 2.25. The maximum Gasteiger partial charge on any atom is 0.227 e. The first-order valence-corrected chi connectivity index (χ1v) is 8.61. The van der Waals surface area contributed by atoms with Crippen LogP contribution in [0.3, 0.4) is 0 Å². The van der Waals surface area contributed by atoms with Gasteiger partial charge in [0.1, 0.15) is 12.4 Å². The highest BCUT2D eigenvalue weighted by Crippen LogP contribution is 2.25. The van der Waals surface area contributed by atoms with Crippen LogP contribution >= 0.6 is 12.4 Å². The zero-order chi connectivity index (χ0) is 16.1. The smallest absolute Gasteiger partial charge is 0.227 e. The van der Waals surface area contributed by atoms with Crippen LogP contribution in [0.2, 0.25) is 0 Å². The first-order chi connectivity index (χ1) is 11.2. The number of halogens is 1. The number of rotatable bonds is 5. The number of hydrogen-bond acceptors (Lipinski definition) is 4. The van der Waals surface area contributed by atoms with E-state index in [1.807, 2.05) is 24.3 Å². The minimum Gasteiger partial charge on any atom is -0.491 e. The zero-order valence-corrected chi connectivity index (χ0v) is 14.7. The highest BCUT2D eigenvalue weighted by atomic mass is 35.5. The summed E-state index contributed by atoms with van der Waals surface area (Å²) in [5.41, 5.74) is 6.76. The Hall–Kier alpha value is -1.30. The molecule has 24 heavy (non-hydrogen) atoms. The third-order valence-electron chi connectivity index (χ3n) is 4.67. The summed E-state index contributed by atoms with van der Waals surface area (Å²) >= 11 is 0. The molecule has 1 amide bonds. The van der Waals surface area contributed by atoms with Crippen molar-refractivity contribution in [2.45, 2.75) is 50.7 Å². The number of carbonyl (C=O) groups excluding carboxylic acids is 1. The molecule has 5 nitrogen and oxygen atoms in total. The molecule has 1 aromatic rings. The topological polar surface area (TPSA) is 73.6 Å². The molecule has 3 N–H and O–H groups in total. The molecule has 0 bridgehead atoms. The van der Waals surface area contributed by atoms with Crippen molar-refractivity contribution in [2.24, 2.45) is 11.7 Å². The van der Waals surface area contributed by atoms with Crippen LogP contribution in [-0.2, 0) is 9.53 Å². The van der Waals surface area contributed by atoms with Crippen molar-refractivity contribution in [1.29, 1.82) is 0 Å². The van der Waals surface area contributed by atoms with E-state index in [-0.39, 0.29) is 36.4 Å². The van der Waals surface area contributed by atoms with Crippen molar-refractivity contribution < 1.29 is 14.3 Å². The number of benzene rings is 1. The van der Waals surface area contributed by atoms with Crippen LogP contribution in [0.5, 0.6) is 5.75 Å². The Kier molecular flexibility index (Phi) is 7.34. The van der Waals surface area contributed by atoms with E-state index in [4.69, 9.17) is 15.2 Å². The van der Waals surface area contributed by atoms with Gasteiger partial charge in [0.25, 0.3) is 0 Å². The van der Waals surface area contributed by atoms with Crippen LogP contribution in [0.1, 0.15) is 38.5 Å². The average Bonchev–Trinajstić information content (AvgIpc) is 3.08. The summed E-state index contributed by atoms with van der Waals surface area (Å²) in [5.74, 6) is 0.917. The van der Waals surface area contributed by atoms with Gasteiger partial charge < -0.3 is 20.5 Å². The lowest BCUT2D eigenvalue weighted by Crippen LogP contribution is -2.34. The number of nitrogens with one attached hydrogen (secondary N) is 1. The molecular weight excluding hydrogens is 328 g/mol. The largest absolute Gasteiger partial charge is 0.491 e. The molecule has 2 fully saturated rings. The first-order valence-electron chi connectivity index (χ1n) is 8.61. The molecule has 134 valence electrons. The van der Waals surface area contributed by atoms with Gasteiger partial charge in [0, 0.05) is 24.3 Å². The third-order valence-corrected chi connectivity index (χ3v) is 4.67. The van der Waals surface area contributed by atoms with E-state index in [1.54, 1.807) is 0 Å². The second kappa shape index (κ2) is 9.25. The summed E-state index contributed by atoms with van der Waals surface area (Å²) in [4.78, 5) is 12.3. The van der Waals surface area contributed by atoms with E-state index in [2.05, 4.69) is 5.32 Å². The van der Waals surface area contributed by atoms with Gasteiger partial charge in [0.15, 0.2) is 0 Å². The molecule has 0 spiro atoms. The van der Waals surface area contributed by atoms with Gasteiger partial charge in [-0.05, 0) is 56.4 Å². The maximum atomic E-state index is 12.3. The van der Waals surface area contributed by atoms with Crippen LogP contribution in [0.15, 0.2) is 24.3 Å². The first kappa shape index (κ1) is 19.0. The van der Waals surface area contributed by atoms with E-state index in [0.29, 0.717) is 6.61 Å². The number of carbonyl (C=O) groups is 1. The van der Waals surface area contributed by atoms with Crippen molar-refractivity contribution in [3.63, 3.8) is 0 Å². The molecule has 1 aliphatic carbocycles. The van der Waals surface area contributed by atoms with Crippen LogP contribution in [0.4, 0.5) is 5.69 Å². The quantitative estimate of drug-likeness (QED) is 0.852. The van der Waals surface area contributed by atoms with Gasteiger partial charge in [-0.1, -0.05) is 6.42 Å². The third kappa shape index (κ3) is 5.36. The Bertz CT molecular complexity index is 518. The van der Waals surface area contributed by atoms with Crippen LogP contribution in [-0.4, -0.2) is 31.3 Å². The SMILES string of the molecule is Cl.NC1CCCC(C(=O)Nc2ccc(OCC3CCCO3)cc2)C1. The van der Waals surface area contributed by atoms with Gasteiger partial charge in [-0.3, -0.25) is 4.79 Å². The second-order valence-electron chi connectivity index (χ2n) is 6.58. The van der Waals surface area contributed by atoms with Gasteiger partial charge in [0.05, 0.1) is 6.10 Å². The van der Waals surface area contributed by atoms with Gasteiger partial charge in [0.2, 0.25) is 5.91 Å². The van der Waals surface area contributed by atoms with Crippen molar-refractivity contribution in [3.05, 3.63) is 24.3 Å². The van der Waals surface area contributed by atoms with Gasteiger partial charge in [-0.2, -0.15) is 0 Å². The summed E-state index contributed by atoms with van der Waals surface area (Å²) in [5, 5.41) is 2.98. The lowest BCUT2D eigenvalue weighted by molar-refractivity contribution is -0.120. The average molecular weight is 355 g/mol. The molecule has 1 aliphatic heterocycles. The fourth-order valence-electron chi connectivity index (χ4n) is 3.31. The van der Waals surface area contributed by atoms with E-state index in [1.165, 1.54) is 0 Å². The number of anilines is 1. The Labute approximate surface area is 149 Å². The molecule has 3 unspecified atom stereocenters. The predicted molar refractivity (Wildman–Crippen MR) is 96.7 cm³/mol. The standard InChI is InChI=1S/C18H26N2O3.ClH/c19-14-4-1-3-13(11-14)18(21)20-15-6-8-16(9-7-15)23-12-17-5-2-10-22-17;/h6-9,13-14,17H,1-5,10-12,19H2,(H,20,21);1H. The van der Waals surface area contributed by atoms with Crippen molar-refractivity contribution >= 4 is 24.0 Å². The molecule has 1 heterocycles. The normalized spacial score (nSPS) is 26.5. The van der Waals surface area contributed by atoms with Crippen molar-refractivity contribution in [3.8, 4) is 5.75 Å². The van der Waals surface area contributed by atoms with E-state index in [0.717, 1.165) is 56.6 Å². The lowest BCUT2D eigenvalue weighted by Gasteiger charge is -2.25. The molecular formula is C18H27ClN2O3. The number of amides is 1. The molecule has 3 rings (SSSR count). The zero-order valence-electron chi connectivity index (χ0n) is 13.9. The highest BCUT2D eigenvalue weighted by molar-refractivity contribution is 5.92. The number of hydrogen-bond donors (Lipinski definition) is 2. The molecule has 6 heteroatoms. The van der Waals surface area contributed by atoms with Crippen LogP contribution in [0, 0.1) is 5.92 Å². The summed E-state index contributed by atoms with van der Waals surface area (Å²) in [6.07, 6.45) is 6.18. The number of ether oxygens (including phenoxy) is 2. The number of nitrogens with two attached hydrogens (primary N) is 1. The van der Waals surface area contributed by atoms with E-state index >= 15 is 0 Å². The Morgan fingerprint density at radius 1 is 1.21 bits per heavy atom. The molecule has 1 saturated carbocycles. The van der Waals surface area contributed by atoms with Crippen LogP contribution in [0.25, 0.3) is 0 Å². The maximum absolute atomic E-state index is 12.3.